The molecule has 2 rings (SSSR count). The largest absolute Gasteiger partial charge is 0.332 e. The van der Waals surface area contributed by atoms with Crippen molar-refractivity contribution in [3.63, 3.8) is 0 Å². The van der Waals surface area contributed by atoms with Gasteiger partial charge in [0.1, 0.15) is 0 Å². The van der Waals surface area contributed by atoms with Crippen LogP contribution >= 0.6 is 12.2 Å². The zero-order valence-electron chi connectivity index (χ0n) is 12.9. The fourth-order valence-corrected chi connectivity index (χ4v) is 2.87. The smallest absolute Gasteiger partial charge is 0.238 e. The molecule has 0 fully saturated rings. The highest BCUT2D eigenvalue weighted by molar-refractivity contribution is 7.89. The third kappa shape index (κ3) is 4.75. The first-order valence-electron chi connectivity index (χ1n) is 7.07. The molecule has 5 nitrogen and oxygen atoms in total. The van der Waals surface area contributed by atoms with Gasteiger partial charge in [-0.2, -0.15) is 0 Å². The van der Waals surface area contributed by atoms with Crippen LogP contribution in [0.2, 0.25) is 0 Å². The molecule has 0 spiro atoms. The maximum Gasteiger partial charge on any atom is 0.238 e. The molecule has 0 radical (unpaired) electrons. The van der Waals surface area contributed by atoms with Gasteiger partial charge in [-0.15, -0.1) is 0 Å². The van der Waals surface area contributed by atoms with Gasteiger partial charge in [-0.3, -0.25) is 0 Å². The lowest BCUT2D eigenvalue weighted by Crippen LogP contribution is -2.20. The number of primary sulfonamides is 1. The highest BCUT2D eigenvalue weighted by Crippen LogP contribution is 2.24. The van der Waals surface area contributed by atoms with E-state index in [-0.39, 0.29) is 4.90 Å². The minimum absolute atomic E-state index is 0.0621. The van der Waals surface area contributed by atoms with Gasteiger partial charge in [-0.25, -0.2) is 13.6 Å². The monoisotopic (exact) mass is 349 g/mol. The lowest BCUT2D eigenvalue weighted by molar-refractivity contribution is 0.598. The Hall–Kier alpha value is -1.96. The molecule has 0 aliphatic rings. The van der Waals surface area contributed by atoms with Crippen LogP contribution < -0.4 is 15.8 Å². The van der Waals surface area contributed by atoms with E-state index in [4.69, 9.17) is 17.4 Å². The SMILES string of the molecule is CC(C)c1ccccc1NC(=S)Nc1ccc(S(N)(=O)=O)cc1. The Morgan fingerprint density at radius 1 is 1.04 bits per heavy atom. The first kappa shape index (κ1) is 17.4. The number of anilines is 2. The van der Waals surface area contributed by atoms with Crippen molar-refractivity contribution >= 4 is 38.7 Å². The molecule has 0 saturated heterocycles. The molecule has 0 aromatic heterocycles. The van der Waals surface area contributed by atoms with E-state index in [1.807, 2.05) is 18.2 Å². The van der Waals surface area contributed by atoms with Crippen LogP contribution in [-0.2, 0) is 10.0 Å². The number of rotatable bonds is 4. The summed E-state index contributed by atoms with van der Waals surface area (Å²) in [5, 5.41) is 11.7. The molecule has 0 saturated carbocycles. The standard InChI is InChI=1S/C16H19N3O2S2/c1-11(2)14-5-3-4-6-15(14)19-16(22)18-12-7-9-13(10-8-12)23(17,20)21/h3-11H,1-2H3,(H2,17,20,21)(H2,18,19,22). The van der Waals surface area contributed by atoms with E-state index in [2.05, 4.69) is 30.5 Å². The van der Waals surface area contributed by atoms with E-state index in [0.29, 0.717) is 16.7 Å². The third-order valence-corrected chi connectivity index (χ3v) is 4.41. The van der Waals surface area contributed by atoms with Crippen molar-refractivity contribution < 1.29 is 8.42 Å². The molecule has 2 aromatic rings. The molecule has 0 aliphatic heterocycles. The van der Waals surface area contributed by atoms with Crippen molar-refractivity contribution in [3.8, 4) is 0 Å². The van der Waals surface area contributed by atoms with E-state index in [1.54, 1.807) is 12.1 Å². The van der Waals surface area contributed by atoms with Crippen LogP contribution in [0, 0.1) is 0 Å². The molecule has 2 aromatic carbocycles. The molecule has 122 valence electrons. The maximum absolute atomic E-state index is 11.2. The second kappa shape index (κ2) is 7.08. The Morgan fingerprint density at radius 3 is 2.22 bits per heavy atom. The van der Waals surface area contributed by atoms with Crippen LogP contribution in [0.25, 0.3) is 0 Å². The van der Waals surface area contributed by atoms with E-state index in [9.17, 15) is 8.42 Å². The quantitative estimate of drug-likeness (QED) is 0.738. The van der Waals surface area contributed by atoms with Gasteiger partial charge in [0.15, 0.2) is 5.11 Å². The Kier molecular flexibility index (Phi) is 5.35. The first-order valence-corrected chi connectivity index (χ1v) is 9.02. The molecule has 0 aliphatic carbocycles. The van der Waals surface area contributed by atoms with Crippen molar-refractivity contribution in [3.05, 3.63) is 54.1 Å². The number of thiocarbonyl (C=S) groups is 1. The second-order valence-corrected chi connectivity index (χ2v) is 7.36. The lowest BCUT2D eigenvalue weighted by Gasteiger charge is -2.16. The minimum Gasteiger partial charge on any atom is -0.332 e. The number of hydrogen-bond acceptors (Lipinski definition) is 3. The highest BCUT2D eigenvalue weighted by atomic mass is 32.2. The molecule has 0 unspecified atom stereocenters. The van der Waals surface area contributed by atoms with E-state index in [1.165, 1.54) is 17.7 Å². The van der Waals surface area contributed by atoms with Gasteiger partial charge in [-0.1, -0.05) is 32.0 Å². The second-order valence-electron chi connectivity index (χ2n) is 5.39. The molecule has 23 heavy (non-hydrogen) atoms. The zero-order valence-corrected chi connectivity index (χ0v) is 14.5. The molecule has 0 amide bonds. The molecular weight excluding hydrogens is 330 g/mol. The minimum atomic E-state index is -3.69. The van der Waals surface area contributed by atoms with Gasteiger partial charge >= 0.3 is 0 Å². The van der Waals surface area contributed by atoms with Crippen molar-refractivity contribution in [2.45, 2.75) is 24.7 Å². The number of hydrogen-bond donors (Lipinski definition) is 3. The topological polar surface area (TPSA) is 84.2 Å². The van der Waals surface area contributed by atoms with Crippen LogP contribution in [0.1, 0.15) is 25.3 Å². The number of benzene rings is 2. The summed E-state index contributed by atoms with van der Waals surface area (Å²) in [6, 6.07) is 14.0. The van der Waals surface area contributed by atoms with Crippen molar-refractivity contribution in [2.75, 3.05) is 10.6 Å². The summed E-state index contributed by atoms with van der Waals surface area (Å²) in [5.41, 5.74) is 2.79. The van der Waals surface area contributed by atoms with Gasteiger partial charge in [0.25, 0.3) is 0 Å². The average Bonchev–Trinajstić information content (AvgIpc) is 2.47. The summed E-state index contributed by atoms with van der Waals surface area (Å²) < 4.78 is 22.5. The fraction of sp³-hybridized carbons (Fsp3) is 0.188. The molecule has 0 bridgehead atoms. The Labute approximate surface area is 142 Å². The van der Waals surface area contributed by atoms with Gasteiger partial charge in [0.2, 0.25) is 10.0 Å². The Bertz CT molecular complexity index is 800. The first-order chi connectivity index (χ1) is 10.8. The summed E-state index contributed by atoms with van der Waals surface area (Å²) in [4.78, 5) is 0.0621. The van der Waals surface area contributed by atoms with Crippen molar-refractivity contribution in [1.29, 1.82) is 0 Å². The highest BCUT2D eigenvalue weighted by Gasteiger charge is 2.09. The summed E-state index contributed by atoms with van der Waals surface area (Å²) in [5.74, 6) is 0.371. The van der Waals surface area contributed by atoms with Gasteiger partial charge in [0, 0.05) is 11.4 Å². The maximum atomic E-state index is 11.2. The van der Waals surface area contributed by atoms with Crippen LogP contribution in [0.3, 0.4) is 0 Å². The predicted octanol–water partition coefficient (Wildman–Crippen LogP) is 3.27. The molecule has 0 heterocycles. The van der Waals surface area contributed by atoms with Crippen molar-refractivity contribution in [2.24, 2.45) is 5.14 Å². The molecule has 0 atom stereocenters. The third-order valence-electron chi connectivity index (χ3n) is 3.27. The van der Waals surface area contributed by atoms with Crippen LogP contribution in [0.5, 0.6) is 0 Å². The normalized spacial score (nSPS) is 11.3. The average molecular weight is 349 g/mol. The number of para-hydroxylation sites is 1. The lowest BCUT2D eigenvalue weighted by atomic mass is 10.0. The number of nitrogens with one attached hydrogen (secondary N) is 2. The molecule has 7 heteroatoms. The van der Waals surface area contributed by atoms with Crippen LogP contribution in [0.15, 0.2) is 53.4 Å². The summed E-state index contributed by atoms with van der Waals surface area (Å²) in [7, 11) is -3.69. The number of sulfonamides is 1. The van der Waals surface area contributed by atoms with Gasteiger partial charge < -0.3 is 10.6 Å². The number of nitrogens with two attached hydrogens (primary N) is 1. The molecule has 4 N–H and O–H groups in total. The van der Waals surface area contributed by atoms with Gasteiger partial charge in [0.05, 0.1) is 4.90 Å². The predicted molar refractivity (Wildman–Crippen MR) is 98.2 cm³/mol. The summed E-state index contributed by atoms with van der Waals surface area (Å²) >= 11 is 5.31. The van der Waals surface area contributed by atoms with Crippen LogP contribution in [-0.4, -0.2) is 13.5 Å². The van der Waals surface area contributed by atoms with Crippen LogP contribution in [0.4, 0.5) is 11.4 Å². The Morgan fingerprint density at radius 2 is 1.65 bits per heavy atom. The Balaban J connectivity index is 2.09. The zero-order chi connectivity index (χ0) is 17.0. The molecular formula is C16H19N3O2S2. The summed E-state index contributed by atoms with van der Waals surface area (Å²) in [6.45, 7) is 4.23. The van der Waals surface area contributed by atoms with E-state index >= 15 is 0 Å². The van der Waals surface area contributed by atoms with Gasteiger partial charge in [-0.05, 0) is 54.0 Å². The van der Waals surface area contributed by atoms with E-state index in [0.717, 1.165) is 5.69 Å². The summed E-state index contributed by atoms with van der Waals surface area (Å²) in [6.07, 6.45) is 0. The van der Waals surface area contributed by atoms with E-state index < -0.39 is 10.0 Å². The fourth-order valence-electron chi connectivity index (χ4n) is 2.13. The van der Waals surface area contributed by atoms with Crippen molar-refractivity contribution in [1.82, 2.24) is 0 Å².